The van der Waals surface area contributed by atoms with Gasteiger partial charge in [0.2, 0.25) is 29.5 Å². The summed E-state index contributed by atoms with van der Waals surface area (Å²) in [5, 5.41) is 34.2. The monoisotopic (exact) mass is 782 g/mol. The number of carbonyl (C=O) groups is 5. The van der Waals surface area contributed by atoms with E-state index >= 15 is 0 Å². The normalized spacial score (nSPS) is 15.8. The second-order valence-corrected chi connectivity index (χ2v) is 15.0. The molecule has 1 aromatic rings. The maximum absolute atomic E-state index is 13.9. The van der Waals surface area contributed by atoms with Crippen LogP contribution in [0.15, 0.2) is 23.2 Å². The van der Waals surface area contributed by atoms with Crippen LogP contribution < -0.4 is 42.8 Å². The number of ether oxygens (including phenoxy) is 1. The van der Waals surface area contributed by atoms with E-state index in [4.69, 9.17) is 16.2 Å². The van der Waals surface area contributed by atoms with Crippen LogP contribution in [-0.2, 0) is 24.0 Å². The number of methoxy groups -OCH3 is 1. The summed E-state index contributed by atoms with van der Waals surface area (Å²) in [6.45, 7) is 1.54. The minimum atomic E-state index is -1.47. The number of thioether (sulfide) groups is 2. The van der Waals surface area contributed by atoms with Crippen molar-refractivity contribution in [3.05, 3.63) is 23.8 Å². The van der Waals surface area contributed by atoms with E-state index in [0.29, 0.717) is 24.3 Å². The highest BCUT2D eigenvalue weighted by molar-refractivity contribution is 7.98. The lowest BCUT2D eigenvalue weighted by molar-refractivity contribution is -0.135. The average molecular weight is 783 g/mol. The van der Waals surface area contributed by atoms with Gasteiger partial charge in [0.05, 0.1) is 7.11 Å². The number of benzene rings is 1. The van der Waals surface area contributed by atoms with Gasteiger partial charge in [0, 0.05) is 19.0 Å². The Kier molecular flexibility index (Phi) is 20.9. The van der Waals surface area contributed by atoms with Crippen molar-refractivity contribution < 1.29 is 38.9 Å². The molecule has 298 valence electrons. The van der Waals surface area contributed by atoms with Crippen molar-refractivity contribution in [1.82, 2.24) is 26.6 Å². The van der Waals surface area contributed by atoms with E-state index < -0.39 is 54.0 Å². The molecule has 11 N–H and O–H groups in total. The summed E-state index contributed by atoms with van der Waals surface area (Å²) >= 11 is 2.93. The van der Waals surface area contributed by atoms with Gasteiger partial charge in [-0.05, 0) is 74.2 Å². The van der Waals surface area contributed by atoms with E-state index in [0.717, 1.165) is 32.1 Å². The molecule has 0 bridgehead atoms. The minimum Gasteiger partial charge on any atom is -0.504 e. The summed E-state index contributed by atoms with van der Waals surface area (Å²) in [4.78, 5) is 70.7. The topological polar surface area (TPSA) is 260 Å². The number of aliphatic imine (C=N–C) groups is 1. The first-order valence-corrected chi connectivity index (χ1v) is 20.6. The van der Waals surface area contributed by atoms with Crippen molar-refractivity contribution in [3.8, 4) is 11.5 Å². The fourth-order valence-electron chi connectivity index (χ4n) is 6.01. The van der Waals surface area contributed by atoms with Gasteiger partial charge in [-0.15, -0.1) is 0 Å². The van der Waals surface area contributed by atoms with E-state index in [-0.39, 0.29) is 60.7 Å². The Morgan fingerprint density at radius 2 is 1.36 bits per heavy atom. The maximum atomic E-state index is 13.9. The molecular formula is C35H58N8O8S2. The minimum absolute atomic E-state index is 0.107. The molecule has 18 heteroatoms. The van der Waals surface area contributed by atoms with Gasteiger partial charge in [0.15, 0.2) is 23.7 Å². The molecule has 1 saturated carbocycles. The molecule has 2 rings (SSSR count). The van der Waals surface area contributed by atoms with Gasteiger partial charge in [0.25, 0.3) is 0 Å². The number of nitrogens with one attached hydrogen (secondary N) is 5. The first-order valence-electron chi connectivity index (χ1n) is 17.9. The van der Waals surface area contributed by atoms with Crippen LogP contribution in [0.4, 0.5) is 0 Å². The SMILES string of the molecule is COc1cc(C(O)NC(=O)[C@H](CCSC)NC(=O)[C@H](CCSC)NC(=O)[C@H](CCCN=C(N)N)NC(=O)[C@H](CC2CCCCC2)NC(C)=O)ccc1O. The third-order valence-electron chi connectivity index (χ3n) is 8.85. The number of nitrogens with two attached hydrogens (primary N) is 2. The molecular weight excluding hydrogens is 725 g/mol. The number of guanidine groups is 1. The Balaban J connectivity index is 2.25. The lowest BCUT2D eigenvalue weighted by Crippen LogP contribution is -2.58. The summed E-state index contributed by atoms with van der Waals surface area (Å²) < 4.78 is 5.09. The number of amides is 5. The van der Waals surface area contributed by atoms with Crippen molar-refractivity contribution in [2.24, 2.45) is 22.4 Å². The molecule has 5 amide bonds. The molecule has 1 aliphatic rings. The van der Waals surface area contributed by atoms with Crippen molar-refractivity contribution in [3.63, 3.8) is 0 Å². The van der Waals surface area contributed by atoms with Gasteiger partial charge in [0.1, 0.15) is 24.2 Å². The first kappa shape index (κ1) is 45.3. The second-order valence-electron chi connectivity index (χ2n) is 13.0. The number of aliphatic hydroxyl groups excluding tert-OH is 1. The van der Waals surface area contributed by atoms with Crippen molar-refractivity contribution in [2.75, 3.05) is 37.7 Å². The predicted octanol–water partition coefficient (Wildman–Crippen LogP) is 0.997. The Hall–Kier alpha value is -3.90. The number of nitrogens with zero attached hydrogens (tertiary/aromatic N) is 1. The van der Waals surface area contributed by atoms with Crippen LogP contribution in [0, 0.1) is 5.92 Å². The van der Waals surface area contributed by atoms with Crippen molar-refractivity contribution in [2.45, 2.75) is 102 Å². The van der Waals surface area contributed by atoms with Gasteiger partial charge in [-0.3, -0.25) is 29.0 Å². The average Bonchev–Trinajstić information content (AvgIpc) is 3.12. The van der Waals surface area contributed by atoms with Crippen LogP contribution in [0.25, 0.3) is 0 Å². The number of rotatable bonds is 23. The lowest BCUT2D eigenvalue weighted by Gasteiger charge is -2.29. The Bertz CT molecular complexity index is 1380. The van der Waals surface area contributed by atoms with Gasteiger partial charge >= 0.3 is 0 Å². The quantitative estimate of drug-likeness (QED) is 0.0326. The zero-order chi connectivity index (χ0) is 39.3. The molecule has 0 spiro atoms. The third-order valence-corrected chi connectivity index (χ3v) is 10.1. The van der Waals surface area contributed by atoms with Crippen LogP contribution in [0.2, 0.25) is 0 Å². The molecule has 1 aromatic carbocycles. The number of aromatic hydroxyl groups is 1. The summed E-state index contributed by atoms with van der Waals surface area (Å²) in [5.41, 5.74) is 11.2. The van der Waals surface area contributed by atoms with Gasteiger partial charge in [-0.1, -0.05) is 38.2 Å². The Morgan fingerprint density at radius 1 is 0.830 bits per heavy atom. The second kappa shape index (κ2) is 24.4. The zero-order valence-corrected chi connectivity index (χ0v) is 32.8. The largest absolute Gasteiger partial charge is 0.504 e. The highest BCUT2D eigenvalue weighted by atomic mass is 32.2. The van der Waals surface area contributed by atoms with E-state index in [1.807, 2.05) is 12.5 Å². The predicted molar refractivity (Wildman–Crippen MR) is 208 cm³/mol. The number of phenols is 1. The summed E-state index contributed by atoms with van der Waals surface area (Å²) in [7, 11) is 1.35. The number of carbonyl (C=O) groups excluding carboxylic acids is 5. The summed E-state index contributed by atoms with van der Waals surface area (Å²) in [6, 6.07) is 0.0625. The first-order chi connectivity index (χ1) is 25.3. The van der Waals surface area contributed by atoms with E-state index in [1.165, 1.54) is 55.8 Å². The molecule has 1 fully saturated rings. The molecule has 0 saturated heterocycles. The van der Waals surface area contributed by atoms with Crippen LogP contribution in [0.1, 0.15) is 82.9 Å². The van der Waals surface area contributed by atoms with Gasteiger partial charge in [-0.2, -0.15) is 23.5 Å². The van der Waals surface area contributed by atoms with Gasteiger partial charge in [-0.25, -0.2) is 0 Å². The molecule has 53 heavy (non-hydrogen) atoms. The number of phenolic OH excluding ortho intramolecular Hbond substituents is 1. The van der Waals surface area contributed by atoms with Crippen molar-refractivity contribution >= 4 is 59.0 Å². The van der Waals surface area contributed by atoms with Crippen LogP contribution >= 0.6 is 23.5 Å². The molecule has 16 nitrogen and oxygen atoms in total. The van der Waals surface area contributed by atoms with E-state index in [2.05, 4.69) is 31.6 Å². The smallest absolute Gasteiger partial charge is 0.244 e. The standard InChI is InChI=1S/C35H58N8O8S2/c1-21(44)39-27(19-22-9-6-5-7-10-22)34(50)40-24(11-8-16-38-35(36)37)31(47)41-25(14-17-52-3)32(48)42-26(15-18-53-4)33(49)43-30(46)23-12-13-28(45)29(20-23)51-2/h12-13,20,22,24-27,30,45-46H,5-11,14-19H2,1-4H3,(H,39,44)(H,40,50)(H,41,47)(H,42,48)(H,43,49)(H4,36,37,38)/t24-,25-,26-,27-,30?/m0/s1. The summed E-state index contributed by atoms with van der Waals surface area (Å²) in [6.07, 6.45) is 8.76. The van der Waals surface area contributed by atoms with Crippen LogP contribution in [0.5, 0.6) is 11.5 Å². The molecule has 0 radical (unpaired) electrons. The Morgan fingerprint density at radius 3 is 1.87 bits per heavy atom. The number of hydrogen-bond donors (Lipinski definition) is 9. The fraction of sp³-hybridized carbons (Fsp3) is 0.657. The van der Waals surface area contributed by atoms with Crippen LogP contribution in [0.3, 0.4) is 0 Å². The van der Waals surface area contributed by atoms with Gasteiger partial charge < -0.3 is 53.0 Å². The van der Waals surface area contributed by atoms with Crippen molar-refractivity contribution in [1.29, 1.82) is 0 Å². The lowest BCUT2D eigenvalue weighted by atomic mass is 9.84. The highest BCUT2D eigenvalue weighted by Crippen LogP contribution is 2.29. The van der Waals surface area contributed by atoms with Crippen LogP contribution in [-0.4, -0.2) is 108 Å². The molecule has 1 unspecified atom stereocenters. The maximum Gasteiger partial charge on any atom is 0.244 e. The molecule has 0 heterocycles. The zero-order valence-electron chi connectivity index (χ0n) is 31.2. The van der Waals surface area contributed by atoms with E-state index in [1.54, 1.807) is 0 Å². The highest BCUT2D eigenvalue weighted by Gasteiger charge is 2.32. The molecule has 5 atom stereocenters. The Labute approximate surface area is 320 Å². The van der Waals surface area contributed by atoms with E-state index in [9.17, 15) is 34.2 Å². The molecule has 1 aliphatic carbocycles. The fourth-order valence-corrected chi connectivity index (χ4v) is 6.96. The number of hydrogen-bond acceptors (Lipinski definition) is 11. The summed E-state index contributed by atoms with van der Waals surface area (Å²) in [5.74, 6) is -1.64. The number of aliphatic hydroxyl groups is 1. The third kappa shape index (κ3) is 16.8. The molecule has 0 aromatic heterocycles. The molecule has 0 aliphatic heterocycles.